The van der Waals surface area contributed by atoms with E-state index in [0.717, 1.165) is 6.08 Å². The van der Waals surface area contributed by atoms with E-state index in [1.807, 2.05) is 0 Å². The van der Waals surface area contributed by atoms with Crippen molar-refractivity contribution in [2.75, 3.05) is 0 Å². The Morgan fingerprint density at radius 2 is 1.40 bits per heavy atom. The van der Waals surface area contributed by atoms with Gasteiger partial charge in [0, 0.05) is 17.2 Å². The molecule has 0 heterocycles. The minimum absolute atomic E-state index is 0.144. The summed E-state index contributed by atoms with van der Waals surface area (Å²) in [6.07, 6.45) is 1.08. The normalized spacial score (nSPS) is 11.0. The Bertz CT molecular complexity index is 598. The van der Waals surface area contributed by atoms with Crippen molar-refractivity contribution >= 4 is 19.0 Å². The summed E-state index contributed by atoms with van der Waals surface area (Å²) < 4.78 is 29.3. The molecule has 0 aliphatic rings. The highest BCUT2D eigenvalue weighted by Gasteiger charge is 2.21. The maximum Gasteiger partial charge on any atom is 0.796 e. The first-order chi connectivity index (χ1) is 9.66. The first-order valence-electron chi connectivity index (χ1n) is 5.98. The number of carbonyl (C=O) groups excluding carboxylic acids is 1. The molecule has 0 radical (unpaired) electrons. The summed E-state index contributed by atoms with van der Waals surface area (Å²) in [5, 5.41) is 0. The third-order valence-electron chi connectivity index (χ3n) is 2.59. The average Bonchev–Trinajstić information content (AvgIpc) is 2.48. The summed E-state index contributed by atoms with van der Waals surface area (Å²) in [6, 6.07) is 16.7. The van der Waals surface area contributed by atoms with E-state index in [4.69, 9.17) is 0 Å². The molecular weight excluding hydrogens is 261 g/mol. The van der Waals surface area contributed by atoms with Crippen LogP contribution in [0.2, 0.25) is 0 Å². The number of rotatable bonds is 5. The molecule has 0 aliphatic heterocycles. The highest BCUT2D eigenvalue weighted by atomic mass is 19.2. The molecule has 2 rings (SSSR count). The molecule has 20 heavy (non-hydrogen) atoms. The third kappa shape index (κ3) is 3.78. The molecule has 0 atom stereocenters. The quantitative estimate of drug-likeness (QED) is 0.357. The number of hydrogen-bond donors (Lipinski definition) is 0. The Hall–Kier alpha value is -2.43. The zero-order chi connectivity index (χ0) is 14.4. The van der Waals surface area contributed by atoms with Crippen LogP contribution in [0, 0.1) is 0 Å². The Morgan fingerprint density at radius 3 is 1.90 bits per heavy atom. The number of hydrogen-bond acceptors (Lipinski definition) is 2. The van der Waals surface area contributed by atoms with Crippen LogP contribution in [0.5, 0.6) is 0 Å². The fourth-order valence-corrected chi connectivity index (χ4v) is 1.69. The van der Waals surface area contributed by atoms with Gasteiger partial charge in [-0.1, -0.05) is 60.7 Å². The molecule has 0 spiro atoms. The third-order valence-corrected chi connectivity index (χ3v) is 2.59. The van der Waals surface area contributed by atoms with Crippen LogP contribution in [0.1, 0.15) is 15.9 Å². The van der Waals surface area contributed by atoms with Gasteiger partial charge >= 0.3 is 7.47 Å². The van der Waals surface area contributed by atoms with Crippen molar-refractivity contribution in [3.05, 3.63) is 77.9 Å². The van der Waals surface area contributed by atoms with Crippen molar-refractivity contribution in [3.8, 4) is 0 Å². The molecular formula is C15H11BF2O2. The Kier molecular flexibility index (Phi) is 4.66. The minimum atomic E-state index is -2.98. The number of halogens is 2. The summed E-state index contributed by atoms with van der Waals surface area (Å²) in [7, 11) is -2.98. The highest BCUT2D eigenvalue weighted by molar-refractivity contribution is 6.36. The second-order valence-electron chi connectivity index (χ2n) is 3.98. The van der Waals surface area contributed by atoms with Crippen molar-refractivity contribution in [1.82, 2.24) is 0 Å². The molecule has 5 heteroatoms. The first kappa shape index (κ1) is 14.0. The highest BCUT2D eigenvalue weighted by Crippen LogP contribution is 2.18. The molecule has 0 amide bonds. The lowest BCUT2D eigenvalue weighted by Crippen LogP contribution is -2.06. The SMILES string of the molecule is O=C(/C=C(\OB(F)F)c1ccccc1)c1ccccc1. The maximum atomic E-state index is 12.4. The number of ketones is 1. The van der Waals surface area contributed by atoms with E-state index in [2.05, 4.69) is 4.65 Å². The van der Waals surface area contributed by atoms with Gasteiger partial charge in [0.2, 0.25) is 0 Å². The van der Waals surface area contributed by atoms with E-state index >= 15 is 0 Å². The van der Waals surface area contributed by atoms with Crippen LogP contribution in [-0.4, -0.2) is 13.3 Å². The fourth-order valence-electron chi connectivity index (χ4n) is 1.69. The number of allylic oxidation sites excluding steroid dienone is 1. The molecule has 0 aromatic heterocycles. The van der Waals surface area contributed by atoms with Gasteiger partial charge in [-0.2, -0.15) is 0 Å². The van der Waals surface area contributed by atoms with Gasteiger partial charge in [0.25, 0.3) is 0 Å². The topological polar surface area (TPSA) is 26.3 Å². The van der Waals surface area contributed by atoms with Gasteiger partial charge in [-0.25, -0.2) is 8.63 Å². The summed E-state index contributed by atoms with van der Waals surface area (Å²) in [5.74, 6) is -0.528. The second-order valence-corrected chi connectivity index (χ2v) is 3.98. The summed E-state index contributed by atoms with van der Waals surface area (Å²) in [6.45, 7) is 0. The van der Waals surface area contributed by atoms with Crippen LogP contribution >= 0.6 is 0 Å². The smallest absolute Gasteiger partial charge is 0.505 e. The number of benzene rings is 2. The van der Waals surface area contributed by atoms with Crippen LogP contribution in [0.3, 0.4) is 0 Å². The van der Waals surface area contributed by atoms with Crippen molar-refractivity contribution in [1.29, 1.82) is 0 Å². The van der Waals surface area contributed by atoms with Crippen molar-refractivity contribution in [2.24, 2.45) is 0 Å². The molecule has 100 valence electrons. The first-order valence-corrected chi connectivity index (χ1v) is 5.98. The predicted octanol–water partition coefficient (Wildman–Crippen LogP) is 3.85. The van der Waals surface area contributed by atoms with Crippen molar-refractivity contribution in [3.63, 3.8) is 0 Å². The largest absolute Gasteiger partial charge is 0.796 e. The van der Waals surface area contributed by atoms with Crippen LogP contribution in [0.15, 0.2) is 66.7 Å². The lowest BCUT2D eigenvalue weighted by Gasteiger charge is -2.08. The Labute approximate surface area is 115 Å². The molecule has 0 bridgehead atoms. The van der Waals surface area contributed by atoms with E-state index in [0.29, 0.717) is 11.1 Å². The molecule has 0 saturated carbocycles. The van der Waals surface area contributed by atoms with E-state index in [1.54, 1.807) is 60.7 Å². The van der Waals surface area contributed by atoms with Crippen molar-refractivity contribution in [2.45, 2.75) is 0 Å². The van der Waals surface area contributed by atoms with Gasteiger partial charge in [-0.15, -0.1) is 0 Å². The summed E-state index contributed by atoms with van der Waals surface area (Å²) in [4.78, 5) is 12.0. The Morgan fingerprint density at radius 1 is 0.900 bits per heavy atom. The summed E-state index contributed by atoms with van der Waals surface area (Å²) >= 11 is 0. The molecule has 0 fully saturated rings. The molecule has 0 aliphatic carbocycles. The van der Waals surface area contributed by atoms with E-state index in [1.165, 1.54) is 0 Å². The van der Waals surface area contributed by atoms with Gasteiger partial charge in [-0.05, 0) is 0 Å². The molecule has 2 nitrogen and oxygen atoms in total. The predicted molar refractivity (Wildman–Crippen MR) is 74.2 cm³/mol. The standard InChI is InChI=1S/C15H11BF2O2/c17-16(18)20-15(13-9-5-2-6-10-13)11-14(19)12-7-3-1-4-8-12/h1-11H/b15-11-. The average molecular weight is 272 g/mol. The lowest BCUT2D eigenvalue weighted by molar-refractivity contribution is 0.104. The Balaban J connectivity index is 2.32. The van der Waals surface area contributed by atoms with Gasteiger partial charge in [0.15, 0.2) is 5.78 Å². The van der Waals surface area contributed by atoms with Gasteiger partial charge in [0.05, 0.1) is 0 Å². The molecule has 0 saturated heterocycles. The monoisotopic (exact) mass is 272 g/mol. The molecule has 0 unspecified atom stereocenters. The molecule has 0 N–H and O–H groups in total. The summed E-state index contributed by atoms with van der Waals surface area (Å²) in [5.41, 5.74) is 0.843. The van der Waals surface area contributed by atoms with Gasteiger partial charge in [-0.3, -0.25) is 4.79 Å². The lowest BCUT2D eigenvalue weighted by atomic mass is 10.1. The minimum Gasteiger partial charge on any atom is -0.505 e. The maximum absolute atomic E-state index is 12.4. The number of carbonyl (C=O) groups is 1. The van der Waals surface area contributed by atoms with Gasteiger partial charge < -0.3 is 4.65 Å². The van der Waals surface area contributed by atoms with Crippen LogP contribution in [-0.2, 0) is 4.65 Å². The van der Waals surface area contributed by atoms with E-state index < -0.39 is 7.47 Å². The molecule has 2 aromatic carbocycles. The zero-order valence-corrected chi connectivity index (χ0v) is 10.5. The van der Waals surface area contributed by atoms with E-state index in [9.17, 15) is 13.4 Å². The fraction of sp³-hybridized carbons (Fsp3) is 0. The van der Waals surface area contributed by atoms with Crippen LogP contribution in [0.25, 0.3) is 5.76 Å². The molecule has 2 aromatic rings. The van der Waals surface area contributed by atoms with Gasteiger partial charge in [0.1, 0.15) is 5.76 Å². The van der Waals surface area contributed by atoms with E-state index in [-0.39, 0.29) is 11.5 Å². The van der Waals surface area contributed by atoms with Crippen molar-refractivity contribution < 1.29 is 18.1 Å². The zero-order valence-electron chi connectivity index (χ0n) is 10.5. The van der Waals surface area contributed by atoms with Crippen LogP contribution < -0.4 is 0 Å². The second kappa shape index (κ2) is 6.66. The van der Waals surface area contributed by atoms with Crippen LogP contribution in [0.4, 0.5) is 8.63 Å².